The number of alkyl halides is 1. The fraction of sp³-hybridized carbons (Fsp3) is 0.571. The summed E-state index contributed by atoms with van der Waals surface area (Å²) < 4.78 is 5.52. The molecule has 0 fully saturated rings. The van der Waals surface area contributed by atoms with Gasteiger partial charge >= 0.3 is 0 Å². The van der Waals surface area contributed by atoms with E-state index in [1.165, 1.54) is 5.56 Å². The van der Waals surface area contributed by atoms with Crippen LogP contribution in [-0.2, 0) is 4.74 Å². The fourth-order valence-corrected chi connectivity index (χ4v) is 2.20. The molecule has 1 rings (SSSR count). The quantitative estimate of drug-likeness (QED) is 0.526. The number of rotatable bonds is 7. The number of benzene rings is 1. The van der Waals surface area contributed by atoms with Gasteiger partial charge in [0, 0.05) is 18.0 Å². The van der Waals surface area contributed by atoms with Gasteiger partial charge in [0.15, 0.2) is 0 Å². The first-order chi connectivity index (χ1) is 7.75. The first kappa shape index (κ1) is 13.7. The van der Waals surface area contributed by atoms with Crippen LogP contribution in [0.5, 0.6) is 0 Å². The maximum absolute atomic E-state index is 5.52. The highest BCUT2D eigenvalue weighted by Gasteiger charge is 2.15. The topological polar surface area (TPSA) is 9.23 Å². The summed E-state index contributed by atoms with van der Waals surface area (Å²) in [6.45, 7) is 6.15. The SMILES string of the molecule is CCCOCCC(C)C(Br)c1ccccc1. The summed E-state index contributed by atoms with van der Waals surface area (Å²) in [6, 6.07) is 10.6. The molecule has 0 aliphatic carbocycles. The highest BCUT2D eigenvalue weighted by Crippen LogP contribution is 2.32. The van der Waals surface area contributed by atoms with Gasteiger partial charge in [-0.3, -0.25) is 0 Å². The van der Waals surface area contributed by atoms with Crippen LogP contribution in [0.3, 0.4) is 0 Å². The Morgan fingerprint density at radius 2 is 1.88 bits per heavy atom. The van der Waals surface area contributed by atoms with Crippen LogP contribution in [0.1, 0.15) is 37.1 Å². The molecule has 2 unspecified atom stereocenters. The molecule has 0 heterocycles. The molecule has 0 spiro atoms. The molecule has 0 saturated carbocycles. The van der Waals surface area contributed by atoms with Crippen LogP contribution in [0.2, 0.25) is 0 Å². The summed E-state index contributed by atoms with van der Waals surface area (Å²) >= 11 is 3.76. The van der Waals surface area contributed by atoms with Crippen molar-refractivity contribution in [1.82, 2.24) is 0 Å². The van der Waals surface area contributed by atoms with Gasteiger partial charge in [-0.15, -0.1) is 0 Å². The number of hydrogen-bond donors (Lipinski definition) is 0. The summed E-state index contributed by atoms with van der Waals surface area (Å²) in [5, 5.41) is 0. The number of hydrogen-bond acceptors (Lipinski definition) is 1. The molecule has 0 amide bonds. The molecule has 1 nitrogen and oxygen atoms in total. The summed E-state index contributed by atoms with van der Waals surface area (Å²) in [5.74, 6) is 0.597. The third-order valence-electron chi connectivity index (χ3n) is 2.68. The molecule has 0 aliphatic rings. The lowest BCUT2D eigenvalue weighted by molar-refractivity contribution is 0.122. The normalized spacial score (nSPS) is 14.7. The zero-order valence-electron chi connectivity index (χ0n) is 10.2. The highest BCUT2D eigenvalue weighted by molar-refractivity contribution is 9.09. The van der Waals surface area contributed by atoms with Crippen LogP contribution < -0.4 is 0 Å². The minimum atomic E-state index is 0.430. The minimum Gasteiger partial charge on any atom is -0.381 e. The van der Waals surface area contributed by atoms with Crippen LogP contribution in [-0.4, -0.2) is 13.2 Å². The van der Waals surface area contributed by atoms with E-state index in [-0.39, 0.29) is 0 Å². The lowest BCUT2D eigenvalue weighted by Gasteiger charge is -2.18. The van der Waals surface area contributed by atoms with Crippen LogP contribution in [0.25, 0.3) is 0 Å². The van der Waals surface area contributed by atoms with Crippen molar-refractivity contribution in [1.29, 1.82) is 0 Å². The van der Waals surface area contributed by atoms with Gasteiger partial charge in [-0.05, 0) is 24.3 Å². The first-order valence-corrected chi connectivity index (χ1v) is 6.94. The van der Waals surface area contributed by atoms with Crippen molar-refractivity contribution in [3.63, 3.8) is 0 Å². The molecule has 90 valence electrons. The maximum Gasteiger partial charge on any atom is 0.0469 e. The maximum atomic E-state index is 5.52. The van der Waals surface area contributed by atoms with E-state index in [4.69, 9.17) is 4.74 Å². The Morgan fingerprint density at radius 1 is 1.19 bits per heavy atom. The molecule has 0 N–H and O–H groups in total. The Bertz CT molecular complexity index is 273. The Hall–Kier alpha value is -0.340. The van der Waals surface area contributed by atoms with Crippen molar-refractivity contribution in [2.45, 2.75) is 31.5 Å². The second-order valence-electron chi connectivity index (χ2n) is 4.19. The van der Waals surface area contributed by atoms with Crippen molar-refractivity contribution >= 4 is 15.9 Å². The smallest absolute Gasteiger partial charge is 0.0469 e. The van der Waals surface area contributed by atoms with Crippen molar-refractivity contribution in [3.8, 4) is 0 Å². The molecule has 0 bridgehead atoms. The average molecular weight is 285 g/mol. The van der Waals surface area contributed by atoms with E-state index in [0.29, 0.717) is 10.7 Å². The van der Waals surface area contributed by atoms with Gasteiger partial charge in [0.1, 0.15) is 0 Å². The molecule has 2 heteroatoms. The van der Waals surface area contributed by atoms with E-state index in [0.717, 1.165) is 26.1 Å². The third kappa shape index (κ3) is 4.67. The van der Waals surface area contributed by atoms with Crippen molar-refractivity contribution in [2.75, 3.05) is 13.2 Å². The molecule has 16 heavy (non-hydrogen) atoms. The van der Waals surface area contributed by atoms with Crippen LogP contribution >= 0.6 is 15.9 Å². The summed E-state index contributed by atoms with van der Waals surface area (Å²) in [6.07, 6.45) is 2.20. The Balaban J connectivity index is 2.33. The summed E-state index contributed by atoms with van der Waals surface area (Å²) in [4.78, 5) is 0.430. The van der Waals surface area contributed by atoms with E-state index >= 15 is 0 Å². The number of halogens is 1. The van der Waals surface area contributed by atoms with E-state index in [1.807, 2.05) is 0 Å². The standard InChI is InChI=1S/C14H21BrO/c1-3-10-16-11-9-12(2)14(15)13-7-5-4-6-8-13/h4-8,12,14H,3,9-11H2,1-2H3. The minimum absolute atomic E-state index is 0.430. The average Bonchev–Trinajstić information content (AvgIpc) is 2.34. The van der Waals surface area contributed by atoms with Crippen LogP contribution in [0, 0.1) is 5.92 Å². The predicted molar refractivity (Wildman–Crippen MR) is 73.0 cm³/mol. The van der Waals surface area contributed by atoms with Crippen molar-refractivity contribution in [2.24, 2.45) is 5.92 Å². The van der Waals surface area contributed by atoms with Gasteiger partial charge in [-0.1, -0.05) is 60.1 Å². The van der Waals surface area contributed by atoms with Gasteiger partial charge in [0.2, 0.25) is 0 Å². The Kier molecular flexibility index (Phi) is 6.74. The van der Waals surface area contributed by atoms with E-state index in [1.54, 1.807) is 0 Å². The Labute approximate surface area is 107 Å². The molecule has 2 atom stereocenters. The summed E-state index contributed by atoms with van der Waals surface area (Å²) in [5.41, 5.74) is 1.35. The van der Waals surface area contributed by atoms with Crippen LogP contribution in [0.4, 0.5) is 0 Å². The molecule has 0 aromatic heterocycles. The molecule has 1 aromatic carbocycles. The first-order valence-electron chi connectivity index (χ1n) is 6.02. The molecule has 0 radical (unpaired) electrons. The lowest BCUT2D eigenvalue weighted by atomic mass is 9.98. The zero-order chi connectivity index (χ0) is 11.8. The zero-order valence-corrected chi connectivity index (χ0v) is 11.7. The van der Waals surface area contributed by atoms with Gasteiger partial charge in [-0.2, -0.15) is 0 Å². The molecule has 0 aliphatic heterocycles. The monoisotopic (exact) mass is 284 g/mol. The van der Waals surface area contributed by atoms with Crippen LogP contribution in [0.15, 0.2) is 30.3 Å². The molecule has 1 aromatic rings. The van der Waals surface area contributed by atoms with Gasteiger partial charge in [-0.25, -0.2) is 0 Å². The van der Waals surface area contributed by atoms with Crippen molar-refractivity contribution < 1.29 is 4.74 Å². The lowest BCUT2D eigenvalue weighted by Crippen LogP contribution is -2.08. The molecular weight excluding hydrogens is 264 g/mol. The largest absolute Gasteiger partial charge is 0.381 e. The second-order valence-corrected chi connectivity index (χ2v) is 5.18. The Morgan fingerprint density at radius 3 is 2.50 bits per heavy atom. The van der Waals surface area contributed by atoms with Gasteiger partial charge < -0.3 is 4.74 Å². The van der Waals surface area contributed by atoms with E-state index in [9.17, 15) is 0 Å². The summed E-state index contributed by atoms with van der Waals surface area (Å²) in [7, 11) is 0. The third-order valence-corrected chi connectivity index (χ3v) is 4.11. The van der Waals surface area contributed by atoms with Gasteiger partial charge in [0.25, 0.3) is 0 Å². The highest BCUT2D eigenvalue weighted by atomic mass is 79.9. The van der Waals surface area contributed by atoms with Gasteiger partial charge in [0.05, 0.1) is 0 Å². The second kappa shape index (κ2) is 7.86. The molecular formula is C14H21BrO. The predicted octanol–water partition coefficient (Wildman–Crippen LogP) is 4.58. The fourth-order valence-electron chi connectivity index (χ4n) is 1.63. The van der Waals surface area contributed by atoms with E-state index < -0.39 is 0 Å². The molecule has 0 saturated heterocycles. The van der Waals surface area contributed by atoms with E-state index in [2.05, 4.69) is 60.1 Å². The van der Waals surface area contributed by atoms with Crippen molar-refractivity contribution in [3.05, 3.63) is 35.9 Å². The number of ether oxygens (including phenoxy) is 1.